The summed E-state index contributed by atoms with van der Waals surface area (Å²) in [6.07, 6.45) is 2.35. The van der Waals surface area contributed by atoms with Crippen LogP contribution in [0, 0.1) is 0 Å². The van der Waals surface area contributed by atoms with Gasteiger partial charge in [0.15, 0.2) is 0 Å². The molecule has 0 radical (unpaired) electrons. The molecule has 76 valence electrons. The van der Waals surface area contributed by atoms with Crippen LogP contribution in [0.2, 0.25) is 0 Å². The lowest BCUT2D eigenvalue weighted by molar-refractivity contribution is -0.137. The molecule has 0 aliphatic heterocycles. The summed E-state index contributed by atoms with van der Waals surface area (Å²) in [4.78, 5) is 21.6. The minimum atomic E-state index is -0.955. The SMILES string of the molecule is CC(CC(=O)O)NC(=O)c1cnoc1. The van der Waals surface area contributed by atoms with Gasteiger partial charge in [0, 0.05) is 6.04 Å². The quantitative estimate of drug-likeness (QED) is 0.724. The standard InChI is InChI=1S/C8H10N2O4/c1-5(2-7(11)12)10-8(13)6-3-9-14-4-6/h3-5H,2H2,1H3,(H,10,13)(H,11,12). The van der Waals surface area contributed by atoms with Crippen molar-refractivity contribution in [2.75, 3.05) is 0 Å². The van der Waals surface area contributed by atoms with E-state index in [1.165, 1.54) is 12.5 Å². The van der Waals surface area contributed by atoms with E-state index in [0.717, 1.165) is 0 Å². The lowest BCUT2D eigenvalue weighted by atomic mass is 10.2. The number of carbonyl (C=O) groups excluding carboxylic acids is 1. The second kappa shape index (κ2) is 4.40. The first-order chi connectivity index (χ1) is 6.59. The van der Waals surface area contributed by atoms with Crippen molar-refractivity contribution in [3.8, 4) is 0 Å². The number of hydrogen-bond acceptors (Lipinski definition) is 4. The van der Waals surface area contributed by atoms with E-state index in [0.29, 0.717) is 0 Å². The first kappa shape index (κ1) is 10.2. The van der Waals surface area contributed by atoms with Gasteiger partial charge in [-0.2, -0.15) is 0 Å². The molecule has 6 nitrogen and oxygen atoms in total. The lowest BCUT2D eigenvalue weighted by Crippen LogP contribution is -2.33. The molecule has 1 aromatic heterocycles. The lowest BCUT2D eigenvalue weighted by Gasteiger charge is -2.09. The van der Waals surface area contributed by atoms with Crippen LogP contribution in [0.1, 0.15) is 23.7 Å². The maximum Gasteiger partial charge on any atom is 0.305 e. The average Bonchev–Trinajstić information content (AvgIpc) is 2.53. The number of rotatable bonds is 4. The summed E-state index contributed by atoms with van der Waals surface area (Å²) in [5.74, 6) is -1.34. The molecular formula is C8H10N2O4. The third kappa shape index (κ3) is 2.89. The Morgan fingerprint density at radius 3 is 2.93 bits per heavy atom. The fourth-order valence-electron chi connectivity index (χ4n) is 0.937. The molecule has 0 fully saturated rings. The largest absolute Gasteiger partial charge is 0.481 e. The first-order valence-corrected chi connectivity index (χ1v) is 4.01. The highest BCUT2D eigenvalue weighted by molar-refractivity contribution is 5.93. The average molecular weight is 198 g/mol. The molecule has 1 atom stereocenters. The Hall–Kier alpha value is -1.85. The molecule has 1 aromatic rings. The number of hydrogen-bond donors (Lipinski definition) is 2. The molecule has 0 saturated heterocycles. The number of carboxylic acid groups (broad SMARTS) is 1. The highest BCUT2D eigenvalue weighted by Crippen LogP contribution is 1.98. The number of amides is 1. The van der Waals surface area contributed by atoms with E-state index < -0.39 is 12.0 Å². The van der Waals surface area contributed by atoms with Gasteiger partial charge < -0.3 is 14.9 Å². The second-order valence-corrected chi connectivity index (χ2v) is 2.89. The molecule has 1 amide bonds. The van der Waals surface area contributed by atoms with E-state index in [1.807, 2.05) is 0 Å². The van der Waals surface area contributed by atoms with Crippen molar-refractivity contribution >= 4 is 11.9 Å². The molecule has 0 spiro atoms. The zero-order valence-electron chi connectivity index (χ0n) is 7.56. The van der Waals surface area contributed by atoms with Gasteiger partial charge >= 0.3 is 5.97 Å². The van der Waals surface area contributed by atoms with E-state index >= 15 is 0 Å². The summed E-state index contributed by atoms with van der Waals surface area (Å²) >= 11 is 0. The minimum absolute atomic E-state index is 0.114. The number of aromatic nitrogens is 1. The van der Waals surface area contributed by atoms with E-state index in [2.05, 4.69) is 15.0 Å². The van der Waals surface area contributed by atoms with Gasteiger partial charge in [-0.3, -0.25) is 9.59 Å². The predicted molar refractivity (Wildman–Crippen MR) is 45.7 cm³/mol. The number of nitrogens with one attached hydrogen (secondary N) is 1. The van der Waals surface area contributed by atoms with Crippen LogP contribution in [-0.2, 0) is 4.79 Å². The first-order valence-electron chi connectivity index (χ1n) is 4.01. The molecule has 0 aromatic carbocycles. The fourth-order valence-corrected chi connectivity index (χ4v) is 0.937. The summed E-state index contributed by atoms with van der Waals surface area (Å²) in [6, 6.07) is -0.421. The number of aliphatic carboxylic acids is 1. The molecular weight excluding hydrogens is 188 g/mol. The van der Waals surface area contributed by atoms with Crippen LogP contribution in [0.15, 0.2) is 17.0 Å². The van der Waals surface area contributed by atoms with Crippen molar-refractivity contribution in [3.05, 3.63) is 18.0 Å². The van der Waals surface area contributed by atoms with Gasteiger partial charge in [-0.15, -0.1) is 0 Å². The van der Waals surface area contributed by atoms with E-state index in [-0.39, 0.29) is 17.9 Å². The van der Waals surface area contributed by atoms with Crippen molar-refractivity contribution in [2.24, 2.45) is 0 Å². The Morgan fingerprint density at radius 2 is 2.43 bits per heavy atom. The maximum absolute atomic E-state index is 11.3. The van der Waals surface area contributed by atoms with Crippen LogP contribution >= 0.6 is 0 Å². The molecule has 0 bridgehead atoms. The molecule has 0 aliphatic carbocycles. The number of nitrogens with zero attached hydrogens (tertiary/aromatic N) is 1. The molecule has 1 heterocycles. The summed E-state index contributed by atoms with van der Waals surface area (Å²) in [7, 11) is 0. The van der Waals surface area contributed by atoms with E-state index in [1.54, 1.807) is 6.92 Å². The van der Waals surface area contributed by atoms with Crippen molar-refractivity contribution in [3.63, 3.8) is 0 Å². The highest BCUT2D eigenvalue weighted by Gasteiger charge is 2.13. The van der Waals surface area contributed by atoms with E-state index in [4.69, 9.17) is 5.11 Å². The third-order valence-electron chi connectivity index (χ3n) is 1.55. The van der Waals surface area contributed by atoms with Crippen LogP contribution in [0.25, 0.3) is 0 Å². The van der Waals surface area contributed by atoms with Crippen LogP contribution in [0.5, 0.6) is 0 Å². The zero-order valence-corrected chi connectivity index (χ0v) is 7.56. The number of carboxylic acids is 1. The summed E-state index contributed by atoms with van der Waals surface area (Å²) in [5.41, 5.74) is 0.280. The van der Waals surface area contributed by atoms with Crippen molar-refractivity contribution in [1.29, 1.82) is 0 Å². The Kier molecular flexibility index (Phi) is 3.22. The van der Waals surface area contributed by atoms with Crippen LogP contribution < -0.4 is 5.32 Å². The van der Waals surface area contributed by atoms with Gasteiger partial charge in [-0.25, -0.2) is 0 Å². The van der Waals surface area contributed by atoms with Crippen molar-refractivity contribution in [1.82, 2.24) is 10.5 Å². The molecule has 1 unspecified atom stereocenters. The predicted octanol–water partition coefficient (Wildman–Crippen LogP) is 0.268. The van der Waals surface area contributed by atoms with Gasteiger partial charge in [-0.1, -0.05) is 5.16 Å². The Morgan fingerprint density at radius 1 is 1.71 bits per heavy atom. The Bertz CT molecular complexity index is 320. The summed E-state index contributed by atoms with van der Waals surface area (Å²) < 4.78 is 4.47. The highest BCUT2D eigenvalue weighted by atomic mass is 16.5. The summed E-state index contributed by atoms with van der Waals surface area (Å²) in [6.45, 7) is 1.61. The van der Waals surface area contributed by atoms with Crippen molar-refractivity contribution < 1.29 is 19.2 Å². The van der Waals surface area contributed by atoms with Crippen LogP contribution in [-0.4, -0.2) is 28.2 Å². The maximum atomic E-state index is 11.3. The van der Waals surface area contributed by atoms with Gasteiger partial charge in [0.2, 0.25) is 0 Å². The Labute approximate surface area is 79.9 Å². The van der Waals surface area contributed by atoms with Crippen LogP contribution in [0.4, 0.5) is 0 Å². The van der Waals surface area contributed by atoms with Gasteiger partial charge in [0.1, 0.15) is 6.26 Å². The molecule has 2 N–H and O–H groups in total. The molecule has 1 rings (SSSR count). The van der Waals surface area contributed by atoms with Gasteiger partial charge in [0.25, 0.3) is 5.91 Å². The summed E-state index contributed by atoms with van der Waals surface area (Å²) in [5, 5.41) is 14.3. The smallest absolute Gasteiger partial charge is 0.305 e. The van der Waals surface area contributed by atoms with E-state index in [9.17, 15) is 9.59 Å². The second-order valence-electron chi connectivity index (χ2n) is 2.89. The normalized spacial score (nSPS) is 12.1. The topological polar surface area (TPSA) is 92.4 Å². The minimum Gasteiger partial charge on any atom is -0.481 e. The third-order valence-corrected chi connectivity index (χ3v) is 1.55. The Balaban J connectivity index is 2.45. The number of carbonyl (C=O) groups is 2. The van der Waals surface area contributed by atoms with Crippen molar-refractivity contribution in [2.45, 2.75) is 19.4 Å². The molecule has 0 aliphatic rings. The molecule has 14 heavy (non-hydrogen) atoms. The molecule has 6 heteroatoms. The van der Waals surface area contributed by atoms with Gasteiger partial charge in [0.05, 0.1) is 18.2 Å². The molecule has 0 saturated carbocycles. The van der Waals surface area contributed by atoms with Crippen LogP contribution in [0.3, 0.4) is 0 Å². The zero-order chi connectivity index (χ0) is 10.6. The fraction of sp³-hybridized carbons (Fsp3) is 0.375. The monoisotopic (exact) mass is 198 g/mol. The van der Waals surface area contributed by atoms with Gasteiger partial charge in [-0.05, 0) is 6.92 Å².